The highest BCUT2D eigenvalue weighted by Crippen LogP contribution is 2.43. The molecule has 1 aliphatic heterocycles. The lowest BCUT2D eigenvalue weighted by atomic mass is 10.1. The van der Waals surface area contributed by atoms with Gasteiger partial charge in [0.1, 0.15) is 6.04 Å². The van der Waals surface area contributed by atoms with E-state index >= 15 is 0 Å². The van der Waals surface area contributed by atoms with Crippen LogP contribution in [0.1, 0.15) is 12.5 Å². The average molecular weight is 251 g/mol. The largest absolute Gasteiger partial charge is 0.493 e. The van der Waals surface area contributed by atoms with Gasteiger partial charge in [-0.3, -0.25) is 0 Å². The SMILES string of the molecule is CCN1c2ccc(OC)c(OC)c2CC1C(=O)O. The highest BCUT2D eigenvalue weighted by Gasteiger charge is 2.36. The third-order valence-corrected chi connectivity index (χ3v) is 3.33. The minimum absolute atomic E-state index is 0.443. The minimum atomic E-state index is -0.811. The van der Waals surface area contributed by atoms with Gasteiger partial charge in [-0.05, 0) is 19.1 Å². The minimum Gasteiger partial charge on any atom is -0.493 e. The van der Waals surface area contributed by atoms with E-state index in [0.29, 0.717) is 24.5 Å². The maximum Gasteiger partial charge on any atom is 0.326 e. The van der Waals surface area contributed by atoms with Gasteiger partial charge in [0.05, 0.1) is 14.2 Å². The molecule has 0 aliphatic carbocycles. The number of rotatable bonds is 4. The Balaban J connectivity index is 2.52. The maximum absolute atomic E-state index is 11.3. The van der Waals surface area contributed by atoms with Crippen LogP contribution in [0.2, 0.25) is 0 Å². The Hall–Kier alpha value is -1.91. The van der Waals surface area contributed by atoms with E-state index in [0.717, 1.165) is 11.3 Å². The molecule has 0 saturated carbocycles. The second-order valence-electron chi connectivity index (χ2n) is 4.14. The fourth-order valence-corrected chi connectivity index (χ4v) is 2.53. The topological polar surface area (TPSA) is 59.0 Å². The lowest BCUT2D eigenvalue weighted by molar-refractivity contribution is -0.138. The summed E-state index contributed by atoms with van der Waals surface area (Å²) in [7, 11) is 3.15. The summed E-state index contributed by atoms with van der Waals surface area (Å²) in [5, 5.41) is 9.26. The lowest BCUT2D eigenvalue weighted by Gasteiger charge is -2.22. The van der Waals surface area contributed by atoms with Gasteiger partial charge in [-0.1, -0.05) is 0 Å². The molecule has 1 aliphatic rings. The molecule has 0 spiro atoms. The van der Waals surface area contributed by atoms with Gasteiger partial charge >= 0.3 is 5.97 Å². The second kappa shape index (κ2) is 4.76. The Bertz CT molecular complexity index is 472. The number of fused-ring (bicyclic) bond motifs is 1. The van der Waals surface area contributed by atoms with Crippen LogP contribution in [0.25, 0.3) is 0 Å². The summed E-state index contributed by atoms with van der Waals surface area (Å²) < 4.78 is 10.6. The third kappa shape index (κ3) is 1.75. The van der Waals surface area contributed by atoms with E-state index in [1.54, 1.807) is 14.2 Å². The summed E-state index contributed by atoms with van der Waals surface area (Å²) in [4.78, 5) is 13.2. The van der Waals surface area contributed by atoms with Crippen LogP contribution in [0.5, 0.6) is 11.5 Å². The summed E-state index contributed by atoms with van der Waals surface area (Å²) in [6.45, 7) is 2.60. The van der Waals surface area contributed by atoms with Crippen LogP contribution in [-0.2, 0) is 11.2 Å². The predicted octanol–water partition coefficient (Wildman–Crippen LogP) is 1.54. The van der Waals surface area contributed by atoms with Gasteiger partial charge in [-0.15, -0.1) is 0 Å². The van der Waals surface area contributed by atoms with E-state index in [2.05, 4.69) is 0 Å². The van der Waals surface area contributed by atoms with E-state index in [1.165, 1.54) is 0 Å². The molecule has 0 saturated heterocycles. The molecule has 1 atom stereocenters. The molecule has 0 aromatic heterocycles. The van der Waals surface area contributed by atoms with Crippen LogP contribution in [-0.4, -0.2) is 37.9 Å². The van der Waals surface area contributed by atoms with Crippen LogP contribution in [0, 0.1) is 0 Å². The number of carboxylic acid groups (broad SMARTS) is 1. The van der Waals surface area contributed by atoms with Gasteiger partial charge in [0, 0.05) is 24.2 Å². The number of hydrogen-bond donors (Lipinski definition) is 1. The number of ether oxygens (including phenoxy) is 2. The molecule has 5 nitrogen and oxygen atoms in total. The molecule has 0 amide bonds. The highest BCUT2D eigenvalue weighted by atomic mass is 16.5. The van der Waals surface area contributed by atoms with Gasteiger partial charge in [0.2, 0.25) is 0 Å². The second-order valence-corrected chi connectivity index (χ2v) is 4.14. The molecule has 0 fully saturated rings. The first kappa shape index (κ1) is 12.5. The smallest absolute Gasteiger partial charge is 0.326 e. The van der Waals surface area contributed by atoms with Gasteiger partial charge in [0.15, 0.2) is 11.5 Å². The Morgan fingerprint density at radius 3 is 2.67 bits per heavy atom. The van der Waals surface area contributed by atoms with E-state index < -0.39 is 12.0 Å². The van der Waals surface area contributed by atoms with Crippen molar-refractivity contribution in [2.24, 2.45) is 0 Å². The number of hydrogen-bond acceptors (Lipinski definition) is 4. The molecule has 5 heteroatoms. The molecule has 0 bridgehead atoms. The van der Waals surface area contributed by atoms with Crippen molar-refractivity contribution in [3.05, 3.63) is 17.7 Å². The van der Waals surface area contributed by atoms with Crippen LogP contribution < -0.4 is 14.4 Å². The Labute approximate surface area is 106 Å². The number of anilines is 1. The molecule has 1 aromatic rings. The van der Waals surface area contributed by atoms with E-state index in [1.807, 2.05) is 24.0 Å². The predicted molar refractivity (Wildman–Crippen MR) is 67.7 cm³/mol. The van der Waals surface area contributed by atoms with Crippen LogP contribution in [0.15, 0.2) is 12.1 Å². The third-order valence-electron chi connectivity index (χ3n) is 3.33. The van der Waals surface area contributed by atoms with Crippen molar-refractivity contribution < 1.29 is 19.4 Å². The molecule has 98 valence electrons. The molecule has 1 unspecified atom stereocenters. The van der Waals surface area contributed by atoms with Gasteiger partial charge < -0.3 is 19.5 Å². The Kier molecular flexibility index (Phi) is 3.32. The van der Waals surface area contributed by atoms with Gasteiger partial charge in [-0.25, -0.2) is 4.79 Å². The normalized spacial score (nSPS) is 17.5. The number of carbonyl (C=O) groups is 1. The molecule has 1 aromatic carbocycles. The van der Waals surface area contributed by atoms with Gasteiger partial charge in [0.25, 0.3) is 0 Å². The number of likely N-dealkylation sites (N-methyl/N-ethyl adjacent to an activating group) is 1. The van der Waals surface area contributed by atoms with Crippen molar-refractivity contribution in [2.45, 2.75) is 19.4 Å². The summed E-state index contributed by atoms with van der Waals surface area (Å²) >= 11 is 0. The number of aliphatic carboxylic acids is 1. The quantitative estimate of drug-likeness (QED) is 0.879. The summed E-state index contributed by atoms with van der Waals surface area (Å²) in [5.74, 6) is 0.463. The Morgan fingerprint density at radius 2 is 2.17 bits per heavy atom. The fourth-order valence-electron chi connectivity index (χ4n) is 2.53. The van der Waals surface area contributed by atoms with Crippen molar-refractivity contribution in [3.63, 3.8) is 0 Å². The first-order valence-corrected chi connectivity index (χ1v) is 5.87. The molecule has 2 rings (SSSR count). The van der Waals surface area contributed by atoms with E-state index in [4.69, 9.17) is 9.47 Å². The summed E-state index contributed by atoms with van der Waals surface area (Å²) in [6, 6.07) is 3.18. The van der Waals surface area contributed by atoms with Crippen LogP contribution >= 0.6 is 0 Å². The van der Waals surface area contributed by atoms with Crippen LogP contribution in [0.4, 0.5) is 5.69 Å². The standard InChI is InChI=1S/C13H17NO4/c1-4-14-9-5-6-11(17-2)12(18-3)8(9)7-10(14)13(15)16/h5-6,10H,4,7H2,1-3H3,(H,15,16). The Morgan fingerprint density at radius 1 is 1.44 bits per heavy atom. The number of nitrogens with zero attached hydrogens (tertiary/aromatic N) is 1. The number of benzene rings is 1. The molecule has 18 heavy (non-hydrogen) atoms. The number of carboxylic acids is 1. The molecule has 1 N–H and O–H groups in total. The lowest BCUT2D eigenvalue weighted by Crippen LogP contribution is -2.38. The van der Waals surface area contributed by atoms with E-state index in [-0.39, 0.29) is 0 Å². The molecule has 1 heterocycles. The maximum atomic E-state index is 11.3. The van der Waals surface area contributed by atoms with Crippen molar-refractivity contribution in [3.8, 4) is 11.5 Å². The fraction of sp³-hybridized carbons (Fsp3) is 0.462. The first-order chi connectivity index (χ1) is 8.63. The highest BCUT2D eigenvalue weighted by molar-refractivity contribution is 5.84. The van der Waals surface area contributed by atoms with Crippen LogP contribution in [0.3, 0.4) is 0 Å². The number of methoxy groups -OCH3 is 2. The van der Waals surface area contributed by atoms with Crippen molar-refractivity contribution in [1.29, 1.82) is 0 Å². The zero-order valence-electron chi connectivity index (χ0n) is 10.8. The van der Waals surface area contributed by atoms with Crippen molar-refractivity contribution >= 4 is 11.7 Å². The monoisotopic (exact) mass is 251 g/mol. The molecule has 0 radical (unpaired) electrons. The molecular formula is C13H17NO4. The van der Waals surface area contributed by atoms with Crippen molar-refractivity contribution in [1.82, 2.24) is 0 Å². The van der Waals surface area contributed by atoms with E-state index in [9.17, 15) is 9.90 Å². The zero-order valence-corrected chi connectivity index (χ0v) is 10.8. The van der Waals surface area contributed by atoms with Gasteiger partial charge in [-0.2, -0.15) is 0 Å². The summed E-state index contributed by atoms with van der Waals surface area (Å²) in [6.07, 6.45) is 0.443. The first-order valence-electron chi connectivity index (χ1n) is 5.87. The average Bonchev–Trinajstić information content (AvgIpc) is 2.75. The van der Waals surface area contributed by atoms with Crippen molar-refractivity contribution in [2.75, 3.05) is 25.7 Å². The molecular weight excluding hydrogens is 234 g/mol. The zero-order chi connectivity index (χ0) is 13.3. The summed E-state index contributed by atoms with van der Waals surface area (Å²) in [5.41, 5.74) is 1.83.